The Kier molecular flexibility index (Phi) is 8.15. The van der Waals surface area contributed by atoms with E-state index in [2.05, 4.69) is 0 Å². The van der Waals surface area contributed by atoms with Crippen LogP contribution in [-0.2, 0) is 18.4 Å². The summed E-state index contributed by atoms with van der Waals surface area (Å²) in [5.41, 5.74) is 0. The molecule has 0 bridgehead atoms. The zero-order valence-corrected chi connectivity index (χ0v) is 13.6. The number of carbonyl (C=O) groups is 1. The van der Waals surface area contributed by atoms with Crippen LogP contribution >= 0.6 is 19.4 Å². The van der Waals surface area contributed by atoms with Crippen LogP contribution in [0.25, 0.3) is 0 Å². The maximum Gasteiger partial charge on any atom is 0.338 e. The van der Waals surface area contributed by atoms with E-state index < -0.39 is 7.60 Å². The summed E-state index contributed by atoms with van der Waals surface area (Å²) in [5.74, 6) is 0.583. The number of Topliss-reactive ketones (excluding diaryl/α,β-unsaturated/α-hetero) is 1. The normalized spacial score (nSPS) is 11.5. The molecule has 1 rings (SSSR count). The van der Waals surface area contributed by atoms with Crippen LogP contribution < -0.4 is 0 Å². The van der Waals surface area contributed by atoms with Gasteiger partial charge in [0.1, 0.15) is 11.9 Å². The van der Waals surface area contributed by atoms with Gasteiger partial charge in [-0.25, -0.2) is 0 Å². The SMILES string of the molecule is CCOP(=O)(CC(=O)CCSc1ccccc1)OCC. The average molecular weight is 316 g/mol. The third-order valence-electron chi connectivity index (χ3n) is 2.41. The van der Waals surface area contributed by atoms with Crippen LogP contribution in [0.2, 0.25) is 0 Å². The molecule has 0 saturated heterocycles. The molecule has 0 amide bonds. The van der Waals surface area contributed by atoms with Gasteiger partial charge in [-0.05, 0) is 26.0 Å². The molecule has 0 radical (unpaired) electrons. The van der Waals surface area contributed by atoms with Gasteiger partial charge in [-0.2, -0.15) is 0 Å². The van der Waals surface area contributed by atoms with E-state index in [1.54, 1.807) is 25.6 Å². The molecule has 20 heavy (non-hydrogen) atoms. The van der Waals surface area contributed by atoms with Crippen molar-refractivity contribution < 1.29 is 18.4 Å². The van der Waals surface area contributed by atoms with E-state index in [0.29, 0.717) is 12.2 Å². The molecule has 0 aliphatic rings. The highest BCUT2D eigenvalue weighted by Crippen LogP contribution is 2.48. The van der Waals surface area contributed by atoms with Gasteiger partial charge in [0.25, 0.3) is 0 Å². The number of ketones is 1. The van der Waals surface area contributed by atoms with E-state index >= 15 is 0 Å². The van der Waals surface area contributed by atoms with Crippen LogP contribution in [0, 0.1) is 0 Å². The summed E-state index contributed by atoms with van der Waals surface area (Å²) >= 11 is 1.61. The molecule has 112 valence electrons. The number of carbonyl (C=O) groups excluding carboxylic acids is 1. The quantitative estimate of drug-likeness (QED) is 0.482. The van der Waals surface area contributed by atoms with Gasteiger partial charge < -0.3 is 9.05 Å². The summed E-state index contributed by atoms with van der Waals surface area (Å²) in [6.07, 6.45) is 0.230. The van der Waals surface area contributed by atoms with E-state index in [0.717, 1.165) is 4.90 Å². The van der Waals surface area contributed by atoms with Gasteiger partial charge in [-0.1, -0.05) is 18.2 Å². The predicted molar refractivity (Wildman–Crippen MR) is 82.5 cm³/mol. The van der Waals surface area contributed by atoms with Gasteiger partial charge in [-0.15, -0.1) is 11.8 Å². The minimum atomic E-state index is -3.25. The smallest absolute Gasteiger partial charge is 0.309 e. The topological polar surface area (TPSA) is 52.6 Å². The summed E-state index contributed by atoms with van der Waals surface area (Å²) in [6.45, 7) is 4.04. The lowest BCUT2D eigenvalue weighted by Gasteiger charge is -2.15. The fourth-order valence-corrected chi connectivity index (χ4v) is 4.17. The van der Waals surface area contributed by atoms with Crippen molar-refractivity contribution in [1.29, 1.82) is 0 Å². The Bertz CT molecular complexity index is 440. The minimum absolute atomic E-state index is 0.0846. The van der Waals surface area contributed by atoms with Gasteiger partial charge in [-0.3, -0.25) is 9.36 Å². The van der Waals surface area contributed by atoms with Crippen molar-refractivity contribution in [2.24, 2.45) is 0 Å². The van der Waals surface area contributed by atoms with Crippen LogP contribution in [0.1, 0.15) is 20.3 Å². The zero-order chi connectivity index (χ0) is 14.8. The van der Waals surface area contributed by atoms with Gasteiger partial charge in [0.2, 0.25) is 0 Å². The van der Waals surface area contributed by atoms with E-state index in [1.165, 1.54) is 0 Å². The molecule has 0 N–H and O–H groups in total. The molecule has 0 unspecified atom stereocenters. The maximum absolute atomic E-state index is 12.2. The number of hydrogen-bond donors (Lipinski definition) is 0. The summed E-state index contributed by atoms with van der Waals surface area (Å²) in [5, 5.41) is 0. The molecule has 1 aromatic rings. The van der Waals surface area contributed by atoms with Crippen molar-refractivity contribution in [2.75, 3.05) is 25.1 Å². The van der Waals surface area contributed by atoms with Crippen LogP contribution in [0.4, 0.5) is 0 Å². The van der Waals surface area contributed by atoms with Gasteiger partial charge in [0.15, 0.2) is 0 Å². The fraction of sp³-hybridized carbons (Fsp3) is 0.500. The second-order valence-electron chi connectivity index (χ2n) is 4.05. The lowest BCUT2D eigenvalue weighted by atomic mass is 10.3. The van der Waals surface area contributed by atoms with E-state index in [4.69, 9.17) is 9.05 Å². The molecule has 1 aromatic carbocycles. The zero-order valence-electron chi connectivity index (χ0n) is 11.9. The first-order valence-electron chi connectivity index (χ1n) is 6.67. The monoisotopic (exact) mass is 316 g/mol. The molecule has 0 saturated carbocycles. The van der Waals surface area contributed by atoms with Crippen molar-refractivity contribution in [3.8, 4) is 0 Å². The van der Waals surface area contributed by atoms with Crippen molar-refractivity contribution in [3.63, 3.8) is 0 Å². The standard InChI is InChI=1S/C14H21O4PS/c1-3-17-19(16,18-4-2)12-13(15)10-11-20-14-8-6-5-7-9-14/h5-9H,3-4,10-12H2,1-2H3. The van der Waals surface area contributed by atoms with E-state index in [-0.39, 0.29) is 25.2 Å². The molecule has 0 aliphatic heterocycles. The molecule has 0 fully saturated rings. The molecule has 0 aromatic heterocycles. The van der Waals surface area contributed by atoms with E-state index in [9.17, 15) is 9.36 Å². The summed E-state index contributed by atoms with van der Waals surface area (Å²) < 4.78 is 22.4. The average Bonchev–Trinajstić information content (AvgIpc) is 2.40. The maximum atomic E-state index is 12.2. The number of rotatable bonds is 10. The van der Waals surface area contributed by atoms with Gasteiger partial charge in [0, 0.05) is 17.1 Å². The molecule has 0 spiro atoms. The Hall–Kier alpha value is -0.610. The molecule has 0 aliphatic carbocycles. The van der Waals surface area contributed by atoms with Crippen LogP contribution in [-0.4, -0.2) is 30.9 Å². The highest BCUT2D eigenvalue weighted by Gasteiger charge is 2.26. The lowest BCUT2D eigenvalue weighted by molar-refractivity contribution is -0.116. The Morgan fingerprint density at radius 3 is 2.30 bits per heavy atom. The van der Waals surface area contributed by atoms with Crippen molar-refractivity contribution >= 4 is 25.1 Å². The van der Waals surface area contributed by atoms with Crippen LogP contribution in [0.3, 0.4) is 0 Å². The Balaban J connectivity index is 2.37. The molecular formula is C14H21O4PS. The van der Waals surface area contributed by atoms with Crippen molar-refractivity contribution in [1.82, 2.24) is 0 Å². The molecule has 0 atom stereocenters. The first-order chi connectivity index (χ1) is 9.59. The highest BCUT2D eigenvalue weighted by molar-refractivity contribution is 7.99. The number of benzene rings is 1. The highest BCUT2D eigenvalue weighted by atomic mass is 32.2. The van der Waals surface area contributed by atoms with Crippen LogP contribution in [0.15, 0.2) is 35.2 Å². The van der Waals surface area contributed by atoms with E-state index in [1.807, 2.05) is 30.3 Å². The second kappa shape index (κ2) is 9.35. The largest absolute Gasteiger partial charge is 0.338 e. The Labute approximate surface area is 124 Å². The van der Waals surface area contributed by atoms with Gasteiger partial charge >= 0.3 is 7.60 Å². The molecule has 0 heterocycles. The fourth-order valence-electron chi connectivity index (χ4n) is 1.62. The Morgan fingerprint density at radius 1 is 1.15 bits per heavy atom. The third-order valence-corrected chi connectivity index (χ3v) is 5.47. The third kappa shape index (κ3) is 6.71. The predicted octanol–water partition coefficient (Wildman–Crippen LogP) is 4.00. The number of hydrogen-bond acceptors (Lipinski definition) is 5. The van der Waals surface area contributed by atoms with Crippen LogP contribution in [0.5, 0.6) is 0 Å². The lowest BCUT2D eigenvalue weighted by Crippen LogP contribution is -2.10. The Morgan fingerprint density at radius 2 is 1.75 bits per heavy atom. The summed E-state index contributed by atoms with van der Waals surface area (Å²) in [4.78, 5) is 13.0. The van der Waals surface area contributed by atoms with Crippen molar-refractivity contribution in [3.05, 3.63) is 30.3 Å². The minimum Gasteiger partial charge on any atom is -0.309 e. The molecule has 4 nitrogen and oxygen atoms in total. The molecular weight excluding hydrogens is 295 g/mol. The summed E-state index contributed by atoms with van der Waals surface area (Å²) in [7, 11) is -3.25. The summed E-state index contributed by atoms with van der Waals surface area (Å²) in [6, 6.07) is 9.88. The van der Waals surface area contributed by atoms with Gasteiger partial charge in [0.05, 0.1) is 13.2 Å². The molecule has 6 heteroatoms. The first-order valence-corrected chi connectivity index (χ1v) is 9.38. The van der Waals surface area contributed by atoms with Crippen molar-refractivity contribution in [2.45, 2.75) is 25.2 Å². The first kappa shape index (κ1) is 17.4. The second-order valence-corrected chi connectivity index (χ2v) is 7.28. The number of thioether (sulfide) groups is 1.